The predicted octanol–water partition coefficient (Wildman–Crippen LogP) is 2.81. The molecular formula is C18H24N6S. The van der Waals surface area contributed by atoms with E-state index in [0.717, 1.165) is 24.7 Å². The minimum atomic E-state index is 0.457. The Kier molecular flexibility index (Phi) is 4.67. The van der Waals surface area contributed by atoms with Gasteiger partial charge in [-0.3, -0.25) is 9.58 Å². The summed E-state index contributed by atoms with van der Waals surface area (Å²) in [5.41, 5.74) is 0. The predicted molar refractivity (Wildman–Crippen MR) is 98.6 cm³/mol. The number of piperidine rings is 1. The smallest absolute Gasteiger partial charge is 0.154 e. The Balaban J connectivity index is 1.45. The molecule has 0 saturated carbocycles. The van der Waals surface area contributed by atoms with E-state index in [2.05, 4.69) is 50.9 Å². The molecule has 0 radical (unpaired) electrons. The van der Waals surface area contributed by atoms with Crippen LogP contribution in [0.25, 0.3) is 0 Å². The summed E-state index contributed by atoms with van der Waals surface area (Å²) in [4.78, 5) is 5.40. The maximum absolute atomic E-state index is 4.51. The lowest BCUT2D eigenvalue weighted by molar-refractivity contribution is 0.196. The molecule has 0 aliphatic carbocycles. The van der Waals surface area contributed by atoms with Crippen LogP contribution in [0, 0.1) is 6.92 Å². The van der Waals surface area contributed by atoms with Crippen molar-refractivity contribution >= 4 is 11.3 Å². The summed E-state index contributed by atoms with van der Waals surface area (Å²) in [5, 5.41) is 13.2. The summed E-state index contributed by atoms with van der Waals surface area (Å²) in [7, 11) is 2.08. The number of nitrogens with zero attached hydrogens (tertiary/aromatic N) is 6. The van der Waals surface area contributed by atoms with E-state index < -0.39 is 0 Å². The number of aromatic nitrogens is 5. The van der Waals surface area contributed by atoms with Gasteiger partial charge in [0.15, 0.2) is 5.82 Å². The highest BCUT2D eigenvalue weighted by Crippen LogP contribution is 2.28. The van der Waals surface area contributed by atoms with Gasteiger partial charge >= 0.3 is 0 Å². The van der Waals surface area contributed by atoms with Crippen molar-refractivity contribution in [3.8, 4) is 0 Å². The largest absolute Gasteiger partial charge is 0.316 e. The Morgan fingerprint density at radius 2 is 2.16 bits per heavy atom. The van der Waals surface area contributed by atoms with E-state index >= 15 is 0 Å². The normalized spacial score (nSPS) is 18.7. The molecule has 0 N–H and O–H groups in total. The van der Waals surface area contributed by atoms with Gasteiger partial charge in [0, 0.05) is 48.2 Å². The molecule has 4 heterocycles. The first kappa shape index (κ1) is 16.5. The zero-order valence-electron chi connectivity index (χ0n) is 14.8. The number of rotatable bonds is 5. The fourth-order valence-electron chi connectivity index (χ4n) is 3.61. The lowest BCUT2D eigenvalue weighted by atomic mass is 9.97. The van der Waals surface area contributed by atoms with Gasteiger partial charge in [0.1, 0.15) is 12.4 Å². The van der Waals surface area contributed by atoms with E-state index in [1.165, 1.54) is 29.1 Å². The van der Waals surface area contributed by atoms with E-state index in [9.17, 15) is 0 Å². The first-order valence-electron chi connectivity index (χ1n) is 8.82. The van der Waals surface area contributed by atoms with Crippen molar-refractivity contribution in [2.24, 2.45) is 7.05 Å². The molecule has 0 aromatic carbocycles. The standard InChI is InChI=1S/C18H24N6S/c1-14-6-7-16(25-14)12-23-9-3-5-15(11-23)18-21-20-17(22(18)2)13-24-10-4-8-19-24/h4,6-8,10,15H,3,5,9,11-13H2,1-2H3. The van der Waals surface area contributed by atoms with E-state index in [-0.39, 0.29) is 0 Å². The van der Waals surface area contributed by atoms with Crippen molar-refractivity contribution in [3.05, 3.63) is 52.0 Å². The van der Waals surface area contributed by atoms with Gasteiger partial charge in [-0.05, 0) is 44.5 Å². The number of thiophene rings is 1. The summed E-state index contributed by atoms with van der Waals surface area (Å²) < 4.78 is 4.05. The maximum Gasteiger partial charge on any atom is 0.154 e. The lowest BCUT2D eigenvalue weighted by Crippen LogP contribution is -2.34. The molecule has 1 aliphatic heterocycles. The summed E-state index contributed by atoms with van der Waals surface area (Å²) in [5.74, 6) is 2.53. The van der Waals surface area contributed by atoms with Crippen molar-refractivity contribution in [3.63, 3.8) is 0 Å². The first-order chi connectivity index (χ1) is 12.2. The van der Waals surface area contributed by atoms with Crippen molar-refractivity contribution in [1.29, 1.82) is 0 Å². The molecule has 1 atom stereocenters. The average Bonchev–Trinajstić information content (AvgIpc) is 3.33. The molecule has 25 heavy (non-hydrogen) atoms. The Morgan fingerprint density at radius 3 is 2.92 bits per heavy atom. The highest BCUT2D eigenvalue weighted by Gasteiger charge is 2.26. The van der Waals surface area contributed by atoms with Gasteiger partial charge in [0.25, 0.3) is 0 Å². The van der Waals surface area contributed by atoms with E-state index in [0.29, 0.717) is 12.5 Å². The van der Waals surface area contributed by atoms with Crippen LogP contribution in [0.15, 0.2) is 30.6 Å². The third-order valence-electron chi connectivity index (χ3n) is 4.91. The molecule has 1 aliphatic rings. The van der Waals surface area contributed by atoms with Gasteiger partial charge in [-0.25, -0.2) is 0 Å². The summed E-state index contributed by atoms with van der Waals surface area (Å²) in [6.45, 7) is 6.12. The van der Waals surface area contributed by atoms with Crippen LogP contribution < -0.4 is 0 Å². The second-order valence-electron chi connectivity index (χ2n) is 6.82. The van der Waals surface area contributed by atoms with Gasteiger partial charge in [0.2, 0.25) is 0 Å². The molecule has 7 heteroatoms. The highest BCUT2D eigenvalue weighted by atomic mass is 32.1. The van der Waals surface area contributed by atoms with Crippen LogP contribution >= 0.6 is 11.3 Å². The Labute approximate surface area is 152 Å². The van der Waals surface area contributed by atoms with Gasteiger partial charge in [-0.2, -0.15) is 5.10 Å². The van der Waals surface area contributed by atoms with Crippen LogP contribution in [0.3, 0.4) is 0 Å². The third kappa shape index (κ3) is 3.67. The van der Waals surface area contributed by atoms with Gasteiger partial charge in [0.05, 0.1) is 0 Å². The average molecular weight is 356 g/mol. The quantitative estimate of drug-likeness (QED) is 0.705. The van der Waals surface area contributed by atoms with Crippen LogP contribution in [0.5, 0.6) is 0 Å². The molecular weight excluding hydrogens is 332 g/mol. The summed E-state index contributed by atoms with van der Waals surface area (Å²) in [6.07, 6.45) is 6.16. The molecule has 3 aromatic heterocycles. The monoisotopic (exact) mass is 356 g/mol. The first-order valence-corrected chi connectivity index (χ1v) is 9.64. The molecule has 0 bridgehead atoms. The lowest BCUT2D eigenvalue weighted by Gasteiger charge is -2.31. The second kappa shape index (κ2) is 7.09. The molecule has 0 spiro atoms. The molecule has 0 amide bonds. The van der Waals surface area contributed by atoms with Gasteiger partial charge in [-0.15, -0.1) is 21.5 Å². The molecule has 1 unspecified atom stereocenters. The fraction of sp³-hybridized carbons (Fsp3) is 0.500. The van der Waals surface area contributed by atoms with Gasteiger partial charge < -0.3 is 4.57 Å². The Bertz CT molecular complexity index is 819. The topological polar surface area (TPSA) is 51.8 Å². The SMILES string of the molecule is Cc1ccc(CN2CCCC(c3nnc(Cn4cccn4)n3C)C2)s1. The molecule has 1 saturated heterocycles. The van der Waals surface area contributed by atoms with Crippen LogP contribution in [0.2, 0.25) is 0 Å². The number of aryl methyl sites for hydroxylation is 1. The van der Waals surface area contributed by atoms with Crippen LogP contribution in [-0.4, -0.2) is 42.5 Å². The van der Waals surface area contributed by atoms with Crippen molar-refractivity contribution in [2.45, 2.75) is 38.8 Å². The highest BCUT2D eigenvalue weighted by molar-refractivity contribution is 7.11. The number of likely N-dealkylation sites (tertiary alicyclic amines) is 1. The molecule has 3 aromatic rings. The summed E-state index contributed by atoms with van der Waals surface area (Å²) in [6, 6.07) is 6.41. The minimum Gasteiger partial charge on any atom is -0.316 e. The zero-order valence-corrected chi connectivity index (χ0v) is 15.6. The molecule has 1 fully saturated rings. The van der Waals surface area contributed by atoms with Crippen molar-refractivity contribution in [2.75, 3.05) is 13.1 Å². The van der Waals surface area contributed by atoms with Crippen LogP contribution in [0.4, 0.5) is 0 Å². The Hall–Kier alpha value is -1.99. The minimum absolute atomic E-state index is 0.457. The van der Waals surface area contributed by atoms with E-state index in [4.69, 9.17) is 0 Å². The molecule has 4 rings (SSSR count). The number of hydrogen-bond donors (Lipinski definition) is 0. The van der Waals surface area contributed by atoms with Crippen molar-refractivity contribution < 1.29 is 0 Å². The third-order valence-corrected chi connectivity index (χ3v) is 5.89. The Morgan fingerprint density at radius 1 is 1.24 bits per heavy atom. The van der Waals surface area contributed by atoms with E-state index in [1.54, 1.807) is 6.20 Å². The van der Waals surface area contributed by atoms with Crippen LogP contribution in [-0.2, 0) is 20.1 Å². The number of hydrogen-bond acceptors (Lipinski definition) is 5. The maximum atomic E-state index is 4.51. The second-order valence-corrected chi connectivity index (χ2v) is 8.20. The van der Waals surface area contributed by atoms with Gasteiger partial charge in [-0.1, -0.05) is 0 Å². The van der Waals surface area contributed by atoms with Crippen LogP contribution in [0.1, 0.15) is 40.2 Å². The van der Waals surface area contributed by atoms with E-state index in [1.807, 2.05) is 28.3 Å². The molecule has 132 valence electrons. The fourth-order valence-corrected chi connectivity index (χ4v) is 4.54. The zero-order chi connectivity index (χ0) is 17.2. The molecule has 6 nitrogen and oxygen atoms in total. The van der Waals surface area contributed by atoms with Crippen molar-refractivity contribution in [1.82, 2.24) is 29.4 Å². The summed E-state index contributed by atoms with van der Waals surface area (Å²) >= 11 is 1.90.